The number of carbonyl (C=O) groups excluding carboxylic acids is 1. The van der Waals surface area contributed by atoms with Gasteiger partial charge in [-0.1, -0.05) is 36.8 Å². The van der Waals surface area contributed by atoms with E-state index in [0.29, 0.717) is 49.5 Å². The Morgan fingerprint density at radius 1 is 1.12 bits per heavy atom. The highest BCUT2D eigenvalue weighted by atomic mass is 16.7. The lowest BCUT2D eigenvalue weighted by Crippen LogP contribution is -2.45. The second-order valence-corrected chi connectivity index (χ2v) is 8.50. The van der Waals surface area contributed by atoms with Crippen LogP contribution in [0.4, 0.5) is 0 Å². The summed E-state index contributed by atoms with van der Waals surface area (Å²) in [4.78, 5) is 15.5. The van der Waals surface area contributed by atoms with Gasteiger partial charge in [0.05, 0.1) is 25.9 Å². The van der Waals surface area contributed by atoms with Crippen molar-refractivity contribution in [3.8, 4) is 11.5 Å². The van der Waals surface area contributed by atoms with Gasteiger partial charge in [-0.2, -0.15) is 0 Å². The monoisotopic (exact) mass is 454 g/mol. The molecule has 1 atom stereocenters. The Labute approximate surface area is 196 Å². The second-order valence-electron chi connectivity index (χ2n) is 8.50. The lowest BCUT2D eigenvalue weighted by Gasteiger charge is -2.36. The average molecular weight is 455 g/mol. The molecule has 2 aliphatic heterocycles. The Bertz CT molecular complexity index is 886. The number of hydrogen-bond donors (Lipinski definition) is 1. The van der Waals surface area contributed by atoms with Crippen molar-refractivity contribution in [1.29, 1.82) is 0 Å². The van der Waals surface area contributed by atoms with E-state index in [4.69, 9.17) is 18.9 Å². The molecule has 0 aliphatic carbocycles. The van der Waals surface area contributed by atoms with Crippen molar-refractivity contribution in [2.45, 2.75) is 44.6 Å². The largest absolute Gasteiger partial charge is 0.497 e. The Hall–Kier alpha value is -2.61. The molecule has 0 radical (unpaired) electrons. The highest BCUT2D eigenvalue weighted by Crippen LogP contribution is 2.26. The number of piperidine rings is 1. The van der Waals surface area contributed by atoms with Crippen LogP contribution in [0.25, 0.3) is 0 Å². The minimum atomic E-state index is -0.151. The highest BCUT2D eigenvalue weighted by Gasteiger charge is 2.27. The molecule has 0 bridgehead atoms. The number of benzene rings is 2. The van der Waals surface area contributed by atoms with Gasteiger partial charge in [-0.15, -0.1) is 0 Å². The first-order chi connectivity index (χ1) is 16.2. The van der Waals surface area contributed by atoms with Crippen LogP contribution < -0.4 is 14.8 Å². The third kappa shape index (κ3) is 6.69. The molecule has 4 rings (SSSR count). The highest BCUT2D eigenvalue weighted by molar-refractivity contribution is 5.97. The van der Waals surface area contributed by atoms with Gasteiger partial charge in [0.15, 0.2) is 6.29 Å². The molecule has 178 valence electrons. The van der Waals surface area contributed by atoms with Gasteiger partial charge in [0, 0.05) is 19.1 Å². The molecule has 0 aromatic heterocycles. The number of nitrogens with zero attached hydrogens (tertiary/aromatic N) is 1. The minimum absolute atomic E-state index is 0.124. The number of amides is 1. The molecule has 1 unspecified atom stereocenters. The number of likely N-dealkylation sites (tertiary alicyclic amines) is 1. The molecule has 1 N–H and O–H groups in total. The van der Waals surface area contributed by atoms with Crippen LogP contribution in [-0.2, 0) is 16.1 Å². The average Bonchev–Trinajstić information content (AvgIpc) is 3.37. The first-order valence-corrected chi connectivity index (χ1v) is 11.8. The summed E-state index contributed by atoms with van der Waals surface area (Å²) in [7, 11) is 1.59. The normalized spacial score (nSPS) is 19.4. The molecule has 2 aromatic rings. The van der Waals surface area contributed by atoms with E-state index in [-0.39, 0.29) is 12.2 Å². The Morgan fingerprint density at radius 3 is 2.73 bits per heavy atom. The summed E-state index contributed by atoms with van der Waals surface area (Å²) in [5.74, 6) is 1.02. The van der Waals surface area contributed by atoms with Crippen LogP contribution >= 0.6 is 0 Å². The van der Waals surface area contributed by atoms with E-state index in [1.807, 2.05) is 36.4 Å². The zero-order valence-corrected chi connectivity index (χ0v) is 19.3. The number of methoxy groups -OCH3 is 1. The molecule has 2 aromatic carbocycles. The summed E-state index contributed by atoms with van der Waals surface area (Å²) in [6.07, 6.45) is 4.31. The molecule has 2 aliphatic rings. The van der Waals surface area contributed by atoms with E-state index >= 15 is 0 Å². The lowest BCUT2D eigenvalue weighted by molar-refractivity contribution is -0.0731. The van der Waals surface area contributed by atoms with Crippen LogP contribution in [0.3, 0.4) is 0 Å². The number of rotatable bonds is 10. The molecule has 33 heavy (non-hydrogen) atoms. The van der Waals surface area contributed by atoms with E-state index in [2.05, 4.69) is 10.2 Å². The quantitative estimate of drug-likeness (QED) is 0.591. The molecular weight excluding hydrogens is 420 g/mol. The molecule has 2 fully saturated rings. The standard InChI is InChI=1S/C26H34N2O5/c1-30-22-10-11-24(33-19-20-7-3-2-4-8-20)23(17-22)26(29)27-13-12-21-9-5-6-14-28(21)18-25-31-15-16-32-25/h2-4,7-8,10-11,17,21,25H,5-6,9,12-16,18-19H2,1H3,(H,27,29). The molecule has 0 saturated carbocycles. The molecule has 0 spiro atoms. The maximum atomic E-state index is 13.0. The van der Waals surface area contributed by atoms with Crippen molar-refractivity contribution in [2.24, 2.45) is 0 Å². The van der Waals surface area contributed by atoms with Gasteiger partial charge in [-0.25, -0.2) is 0 Å². The van der Waals surface area contributed by atoms with Gasteiger partial charge in [-0.05, 0) is 49.6 Å². The number of ether oxygens (including phenoxy) is 4. The third-order valence-electron chi connectivity index (χ3n) is 6.26. The Morgan fingerprint density at radius 2 is 1.94 bits per heavy atom. The first kappa shape index (κ1) is 23.5. The molecule has 2 heterocycles. The van der Waals surface area contributed by atoms with Gasteiger partial charge in [-0.3, -0.25) is 9.69 Å². The Kier molecular flexibility index (Phi) is 8.58. The van der Waals surface area contributed by atoms with Crippen molar-refractivity contribution in [3.63, 3.8) is 0 Å². The smallest absolute Gasteiger partial charge is 0.255 e. The summed E-state index contributed by atoms with van der Waals surface area (Å²) in [5.41, 5.74) is 1.53. The molecule has 2 saturated heterocycles. The zero-order valence-electron chi connectivity index (χ0n) is 19.3. The molecule has 7 heteroatoms. The molecular formula is C26H34N2O5. The second kappa shape index (κ2) is 12.0. The van der Waals surface area contributed by atoms with Crippen molar-refractivity contribution >= 4 is 5.91 Å². The van der Waals surface area contributed by atoms with Crippen LogP contribution in [0.15, 0.2) is 48.5 Å². The predicted molar refractivity (Wildman–Crippen MR) is 126 cm³/mol. The summed E-state index contributed by atoms with van der Waals surface area (Å²) in [6, 6.07) is 15.7. The summed E-state index contributed by atoms with van der Waals surface area (Å²) in [6.45, 7) is 4.20. The fraction of sp³-hybridized carbons (Fsp3) is 0.500. The van der Waals surface area contributed by atoms with Crippen molar-refractivity contribution < 1.29 is 23.7 Å². The van der Waals surface area contributed by atoms with Gasteiger partial charge < -0.3 is 24.3 Å². The van der Waals surface area contributed by atoms with Gasteiger partial charge in [0.2, 0.25) is 0 Å². The lowest BCUT2D eigenvalue weighted by atomic mass is 9.99. The Balaban J connectivity index is 1.33. The van der Waals surface area contributed by atoms with E-state index in [1.165, 1.54) is 12.8 Å². The SMILES string of the molecule is COc1ccc(OCc2ccccc2)c(C(=O)NCCC2CCCCN2CC2OCCO2)c1. The maximum absolute atomic E-state index is 13.0. The molecule has 1 amide bonds. The molecule has 7 nitrogen and oxygen atoms in total. The van der Waals surface area contributed by atoms with Gasteiger partial charge in [0.1, 0.15) is 18.1 Å². The number of hydrogen-bond acceptors (Lipinski definition) is 6. The van der Waals surface area contributed by atoms with E-state index < -0.39 is 0 Å². The van der Waals surface area contributed by atoms with Gasteiger partial charge in [0.25, 0.3) is 5.91 Å². The predicted octanol–water partition coefficient (Wildman–Crippen LogP) is 3.62. The maximum Gasteiger partial charge on any atom is 0.255 e. The summed E-state index contributed by atoms with van der Waals surface area (Å²) in [5, 5.41) is 3.09. The van der Waals surface area contributed by atoms with Crippen LogP contribution in [0.2, 0.25) is 0 Å². The van der Waals surface area contributed by atoms with Crippen LogP contribution in [0, 0.1) is 0 Å². The van der Waals surface area contributed by atoms with Crippen molar-refractivity contribution in [1.82, 2.24) is 10.2 Å². The van der Waals surface area contributed by atoms with Crippen LogP contribution in [-0.4, -0.2) is 63.1 Å². The summed E-state index contributed by atoms with van der Waals surface area (Å²) < 4.78 is 22.6. The van der Waals surface area contributed by atoms with E-state index in [9.17, 15) is 4.79 Å². The third-order valence-corrected chi connectivity index (χ3v) is 6.26. The van der Waals surface area contributed by atoms with Gasteiger partial charge >= 0.3 is 0 Å². The van der Waals surface area contributed by atoms with Crippen molar-refractivity contribution in [2.75, 3.05) is 40.0 Å². The zero-order chi connectivity index (χ0) is 22.9. The van der Waals surface area contributed by atoms with E-state index in [1.54, 1.807) is 19.2 Å². The van der Waals surface area contributed by atoms with Crippen LogP contribution in [0.1, 0.15) is 41.6 Å². The van der Waals surface area contributed by atoms with Crippen molar-refractivity contribution in [3.05, 3.63) is 59.7 Å². The fourth-order valence-corrected chi connectivity index (χ4v) is 4.45. The van der Waals surface area contributed by atoms with E-state index in [0.717, 1.165) is 31.5 Å². The fourth-order valence-electron chi connectivity index (χ4n) is 4.45. The number of carbonyl (C=O) groups is 1. The topological polar surface area (TPSA) is 69.3 Å². The summed E-state index contributed by atoms with van der Waals surface area (Å²) >= 11 is 0. The minimum Gasteiger partial charge on any atom is -0.497 e. The van der Waals surface area contributed by atoms with Crippen LogP contribution in [0.5, 0.6) is 11.5 Å². The first-order valence-electron chi connectivity index (χ1n) is 11.8. The number of nitrogens with one attached hydrogen (secondary N) is 1.